The minimum atomic E-state index is -0.417. The van der Waals surface area contributed by atoms with Crippen molar-refractivity contribution >= 4 is 5.91 Å². The van der Waals surface area contributed by atoms with Gasteiger partial charge in [-0.1, -0.05) is 17.3 Å². The number of aliphatic hydroxyl groups excluding tert-OH is 1. The normalized spacial score (nSPS) is 20.7. The summed E-state index contributed by atoms with van der Waals surface area (Å²) in [5.74, 6) is -0.230. The van der Waals surface area contributed by atoms with E-state index in [0.717, 1.165) is 11.3 Å². The third-order valence-corrected chi connectivity index (χ3v) is 4.18. The van der Waals surface area contributed by atoms with Gasteiger partial charge in [0, 0.05) is 25.6 Å². The van der Waals surface area contributed by atoms with Crippen molar-refractivity contribution in [2.24, 2.45) is 5.92 Å². The summed E-state index contributed by atoms with van der Waals surface area (Å²) in [6.45, 7) is 5.52. The summed E-state index contributed by atoms with van der Waals surface area (Å²) in [6.07, 6.45) is -0.417. The number of hydrogen-bond donors (Lipinski definition) is 3. The Morgan fingerprint density at radius 2 is 2.26 bits per heavy atom. The fourth-order valence-corrected chi connectivity index (χ4v) is 2.78. The van der Waals surface area contributed by atoms with Gasteiger partial charge in [-0.25, -0.2) is 4.68 Å². The second-order valence-electron chi connectivity index (χ2n) is 5.97. The largest absolute Gasteiger partial charge is 0.391 e. The van der Waals surface area contributed by atoms with Crippen molar-refractivity contribution in [1.29, 1.82) is 0 Å². The molecule has 0 spiro atoms. The molecule has 1 aliphatic rings. The topological polar surface area (TPSA) is 92.1 Å². The minimum absolute atomic E-state index is 0.0334. The van der Waals surface area contributed by atoms with Crippen molar-refractivity contribution < 1.29 is 9.90 Å². The molecule has 1 amide bonds. The lowest BCUT2D eigenvalue weighted by Crippen LogP contribution is -2.34. The summed E-state index contributed by atoms with van der Waals surface area (Å²) >= 11 is 0. The number of benzene rings is 1. The van der Waals surface area contributed by atoms with Crippen LogP contribution in [0.15, 0.2) is 24.3 Å². The van der Waals surface area contributed by atoms with E-state index >= 15 is 0 Å². The molecule has 7 nitrogen and oxygen atoms in total. The van der Waals surface area contributed by atoms with Crippen LogP contribution in [0.5, 0.6) is 0 Å². The van der Waals surface area contributed by atoms with E-state index < -0.39 is 6.10 Å². The van der Waals surface area contributed by atoms with Crippen molar-refractivity contribution in [2.75, 3.05) is 19.6 Å². The van der Waals surface area contributed by atoms with Gasteiger partial charge >= 0.3 is 0 Å². The van der Waals surface area contributed by atoms with Crippen LogP contribution in [-0.2, 0) is 0 Å². The first-order valence-electron chi connectivity index (χ1n) is 7.72. The van der Waals surface area contributed by atoms with Gasteiger partial charge in [-0.15, -0.1) is 5.10 Å². The van der Waals surface area contributed by atoms with Crippen LogP contribution in [0.1, 0.15) is 21.7 Å². The summed E-state index contributed by atoms with van der Waals surface area (Å²) in [7, 11) is 0. The standard InChI is InChI=1S/C16H21N5O2/c1-10-4-3-5-13(6-10)21-11(2)15(19-20-21)16(23)18-8-12-7-17-9-14(12)22/h3-6,12,14,17,22H,7-9H2,1-2H3,(H,18,23). The lowest BCUT2D eigenvalue weighted by atomic mass is 10.1. The number of aryl methyl sites for hydroxylation is 1. The van der Waals surface area contributed by atoms with Crippen molar-refractivity contribution in [3.8, 4) is 5.69 Å². The molecule has 1 saturated heterocycles. The number of hydrogen-bond acceptors (Lipinski definition) is 5. The third kappa shape index (κ3) is 3.25. The van der Waals surface area contributed by atoms with Crippen molar-refractivity contribution in [3.63, 3.8) is 0 Å². The number of aliphatic hydroxyl groups is 1. The summed E-state index contributed by atoms with van der Waals surface area (Å²) < 4.78 is 1.66. The molecule has 2 aromatic rings. The average molecular weight is 315 g/mol. The Morgan fingerprint density at radius 3 is 2.96 bits per heavy atom. The Labute approximate surface area is 134 Å². The zero-order valence-corrected chi connectivity index (χ0v) is 13.3. The molecule has 23 heavy (non-hydrogen) atoms. The molecule has 1 aliphatic heterocycles. The van der Waals surface area contributed by atoms with Crippen molar-refractivity contribution in [3.05, 3.63) is 41.2 Å². The average Bonchev–Trinajstić information content (AvgIpc) is 3.11. The maximum absolute atomic E-state index is 12.3. The molecule has 0 bridgehead atoms. The van der Waals surface area contributed by atoms with Crippen LogP contribution in [0, 0.1) is 19.8 Å². The van der Waals surface area contributed by atoms with Gasteiger partial charge < -0.3 is 15.7 Å². The van der Waals surface area contributed by atoms with E-state index in [1.165, 1.54) is 0 Å². The number of nitrogens with zero attached hydrogens (tertiary/aromatic N) is 3. The van der Waals surface area contributed by atoms with E-state index in [2.05, 4.69) is 20.9 Å². The number of carbonyl (C=O) groups is 1. The molecule has 3 N–H and O–H groups in total. The zero-order valence-electron chi connectivity index (χ0n) is 13.3. The molecule has 3 rings (SSSR count). The molecule has 1 fully saturated rings. The molecule has 122 valence electrons. The molecular weight excluding hydrogens is 294 g/mol. The Hall–Kier alpha value is -2.25. The second kappa shape index (κ2) is 6.47. The van der Waals surface area contributed by atoms with Crippen LogP contribution in [0.3, 0.4) is 0 Å². The Morgan fingerprint density at radius 1 is 1.43 bits per heavy atom. The van der Waals surface area contributed by atoms with Gasteiger partial charge in [0.1, 0.15) is 0 Å². The van der Waals surface area contributed by atoms with Gasteiger partial charge in [0.05, 0.1) is 17.5 Å². The quantitative estimate of drug-likeness (QED) is 0.749. The third-order valence-electron chi connectivity index (χ3n) is 4.18. The predicted molar refractivity (Wildman–Crippen MR) is 85.5 cm³/mol. The Bertz CT molecular complexity index is 712. The Kier molecular flexibility index (Phi) is 4.40. The maximum Gasteiger partial charge on any atom is 0.273 e. The summed E-state index contributed by atoms with van der Waals surface area (Å²) in [5.41, 5.74) is 3.00. The molecule has 1 aromatic carbocycles. The first-order chi connectivity index (χ1) is 11.1. The van der Waals surface area contributed by atoms with Gasteiger partial charge in [-0.05, 0) is 31.5 Å². The van der Waals surface area contributed by atoms with Crippen LogP contribution in [0.25, 0.3) is 5.69 Å². The summed E-state index contributed by atoms with van der Waals surface area (Å²) in [5, 5.41) is 23.8. The van der Waals surface area contributed by atoms with E-state index in [9.17, 15) is 9.90 Å². The van der Waals surface area contributed by atoms with Crippen LogP contribution < -0.4 is 10.6 Å². The highest BCUT2D eigenvalue weighted by Crippen LogP contribution is 2.14. The number of β-amino-alcohol motifs (C(OH)–C–C–N with tert-alkyl or cyclic N) is 1. The van der Waals surface area contributed by atoms with Crippen LogP contribution in [0.2, 0.25) is 0 Å². The predicted octanol–water partition coefficient (Wildman–Crippen LogP) is 0.194. The highest BCUT2D eigenvalue weighted by atomic mass is 16.3. The van der Waals surface area contributed by atoms with E-state index in [4.69, 9.17) is 0 Å². The number of amides is 1. The SMILES string of the molecule is Cc1cccc(-n2nnc(C(=O)NCC3CNCC3O)c2C)c1. The van der Waals surface area contributed by atoms with Crippen molar-refractivity contribution in [1.82, 2.24) is 25.6 Å². The highest BCUT2D eigenvalue weighted by molar-refractivity contribution is 5.93. The zero-order chi connectivity index (χ0) is 16.4. The molecule has 2 heterocycles. The number of aromatic nitrogens is 3. The van der Waals surface area contributed by atoms with Gasteiger partial charge in [-0.3, -0.25) is 4.79 Å². The molecular formula is C16H21N5O2. The van der Waals surface area contributed by atoms with E-state index in [0.29, 0.717) is 31.0 Å². The highest BCUT2D eigenvalue weighted by Gasteiger charge is 2.26. The van der Waals surface area contributed by atoms with Crippen LogP contribution in [0.4, 0.5) is 0 Å². The molecule has 2 atom stereocenters. The maximum atomic E-state index is 12.3. The number of carbonyl (C=O) groups excluding carboxylic acids is 1. The first kappa shape index (κ1) is 15.6. The molecule has 2 unspecified atom stereocenters. The van der Waals surface area contributed by atoms with E-state index in [-0.39, 0.29) is 11.8 Å². The lowest BCUT2D eigenvalue weighted by molar-refractivity contribution is 0.0921. The molecule has 0 saturated carbocycles. The van der Waals surface area contributed by atoms with E-state index in [1.807, 2.05) is 38.1 Å². The number of nitrogens with one attached hydrogen (secondary N) is 2. The van der Waals surface area contributed by atoms with Gasteiger partial charge in [0.25, 0.3) is 5.91 Å². The number of rotatable bonds is 4. The lowest BCUT2D eigenvalue weighted by Gasteiger charge is -2.13. The van der Waals surface area contributed by atoms with Gasteiger partial charge in [0.15, 0.2) is 5.69 Å². The summed E-state index contributed by atoms with van der Waals surface area (Å²) in [6, 6.07) is 7.87. The minimum Gasteiger partial charge on any atom is -0.391 e. The molecule has 0 aliphatic carbocycles. The van der Waals surface area contributed by atoms with Crippen LogP contribution in [-0.4, -0.2) is 51.7 Å². The summed E-state index contributed by atoms with van der Waals surface area (Å²) in [4.78, 5) is 12.3. The fourth-order valence-electron chi connectivity index (χ4n) is 2.78. The molecule has 1 aromatic heterocycles. The van der Waals surface area contributed by atoms with Crippen molar-refractivity contribution in [2.45, 2.75) is 20.0 Å². The van der Waals surface area contributed by atoms with Gasteiger partial charge in [-0.2, -0.15) is 0 Å². The van der Waals surface area contributed by atoms with E-state index in [1.54, 1.807) is 4.68 Å². The fraction of sp³-hybridized carbons (Fsp3) is 0.438. The Balaban J connectivity index is 1.72. The molecule has 7 heteroatoms. The van der Waals surface area contributed by atoms with Crippen LogP contribution >= 0.6 is 0 Å². The van der Waals surface area contributed by atoms with Gasteiger partial charge in [0.2, 0.25) is 0 Å². The monoisotopic (exact) mass is 315 g/mol. The first-order valence-corrected chi connectivity index (χ1v) is 7.72. The molecule has 0 radical (unpaired) electrons. The second-order valence-corrected chi connectivity index (χ2v) is 5.97. The smallest absolute Gasteiger partial charge is 0.273 e.